The van der Waals surface area contributed by atoms with E-state index in [-0.39, 0.29) is 12.0 Å². The van der Waals surface area contributed by atoms with Gasteiger partial charge in [0.1, 0.15) is 0 Å². The summed E-state index contributed by atoms with van der Waals surface area (Å²) in [4.78, 5) is 19.5. The molecule has 0 aliphatic carbocycles. The van der Waals surface area contributed by atoms with Gasteiger partial charge in [0.15, 0.2) is 5.82 Å². The maximum absolute atomic E-state index is 5.88. The van der Waals surface area contributed by atoms with Crippen LogP contribution in [0, 0.1) is 0 Å². The Balaban J connectivity index is 1.78. The van der Waals surface area contributed by atoms with Crippen molar-refractivity contribution in [2.75, 3.05) is 63.0 Å². The van der Waals surface area contributed by atoms with E-state index in [1.807, 2.05) is 19.0 Å². The summed E-state index contributed by atoms with van der Waals surface area (Å²) >= 11 is 0. The second kappa shape index (κ2) is 8.49. The fraction of sp³-hybridized carbons (Fsp3) is 0.526. The van der Waals surface area contributed by atoms with Crippen molar-refractivity contribution < 1.29 is 4.74 Å². The van der Waals surface area contributed by atoms with Gasteiger partial charge in [-0.3, -0.25) is 4.90 Å². The highest BCUT2D eigenvalue weighted by Crippen LogP contribution is 2.26. The van der Waals surface area contributed by atoms with E-state index in [2.05, 4.69) is 63.0 Å². The van der Waals surface area contributed by atoms with Gasteiger partial charge in [-0.1, -0.05) is 18.2 Å². The van der Waals surface area contributed by atoms with Gasteiger partial charge in [-0.15, -0.1) is 0 Å². The Labute approximate surface area is 161 Å². The third kappa shape index (κ3) is 4.64. The molecule has 8 heteroatoms. The molecule has 2 aromatic rings. The van der Waals surface area contributed by atoms with Gasteiger partial charge in [-0.2, -0.15) is 15.0 Å². The molecule has 1 atom stereocenters. The van der Waals surface area contributed by atoms with Gasteiger partial charge >= 0.3 is 0 Å². The Morgan fingerprint density at radius 1 is 1.11 bits per heavy atom. The Hall–Kier alpha value is -2.45. The van der Waals surface area contributed by atoms with Crippen LogP contribution in [0.4, 0.5) is 17.6 Å². The molecule has 1 fully saturated rings. The van der Waals surface area contributed by atoms with Gasteiger partial charge in [0.05, 0.1) is 19.3 Å². The summed E-state index contributed by atoms with van der Waals surface area (Å²) in [6, 6.07) is 8.55. The molecule has 0 amide bonds. The van der Waals surface area contributed by atoms with Crippen LogP contribution < -0.4 is 15.5 Å². The summed E-state index contributed by atoms with van der Waals surface area (Å²) in [5, 5.41) is 0. The molecule has 0 spiro atoms. The summed E-state index contributed by atoms with van der Waals surface area (Å²) in [5.74, 6) is 1.50. The zero-order valence-corrected chi connectivity index (χ0v) is 16.6. The van der Waals surface area contributed by atoms with E-state index in [1.54, 1.807) is 0 Å². The van der Waals surface area contributed by atoms with Crippen LogP contribution in [0.1, 0.15) is 24.4 Å². The molecule has 2 heterocycles. The molecule has 2 N–H and O–H groups in total. The summed E-state index contributed by atoms with van der Waals surface area (Å²) in [7, 11) is 5.87. The van der Waals surface area contributed by atoms with Crippen LogP contribution in [-0.2, 0) is 11.3 Å². The highest BCUT2D eigenvalue weighted by atomic mass is 16.5. The summed E-state index contributed by atoms with van der Waals surface area (Å²) in [6.07, 6.45) is 0. The molecular weight excluding hydrogens is 342 g/mol. The molecule has 0 saturated carbocycles. The monoisotopic (exact) mass is 371 g/mol. The standard InChI is InChI=1S/C19H29N7O/c1-14(17-21-18(20)23-19(22-17)24(2)3)25(4)13-15-7-5-6-8-16(15)26-9-11-27-12-10-26/h5-8,14H,9-13H2,1-4H3,(H2,20,21,22,23). The van der Waals surface area contributed by atoms with Gasteiger partial charge in [0.25, 0.3) is 0 Å². The first-order valence-corrected chi connectivity index (χ1v) is 9.25. The first-order chi connectivity index (χ1) is 13.0. The minimum Gasteiger partial charge on any atom is -0.378 e. The van der Waals surface area contributed by atoms with E-state index >= 15 is 0 Å². The van der Waals surface area contributed by atoms with Crippen molar-refractivity contribution >= 4 is 17.6 Å². The topological polar surface area (TPSA) is 83.6 Å². The maximum Gasteiger partial charge on any atom is 0.229 e. The number of benzene rings is 1. The van der Waals surface area contributed by atoms with Crippen molar-refractivity contribution in [2.45, 2.75) is 19.5 Å². The van der Waals surface area contributed by atoms with Crippen LogP contribution >= 0.6 is 0 Å². The van der Waals surface area contributed by atoms with E-state index in [4.69, 9.17) is 10.5 Å². The number of nitrogens with two attached hydrogens (primary N) is 1. The Morgan fingerprint density at radius 3 is 2.52 bits per heavy atom. The van der Waals surface area contributed by atoms with Crippen LogP contribution in [0.5, 0.6) is 0 Å². The Kier molecular flexibility index (Phi) is 6.08. The maximum atomic E-state index is 5.88. The van der Waals surface area contributed by atoms with Gasteiger partial charge < -0.3 is 20.3 Å². The number of hydrogen-bond donors (Lipinski definition) is 1. The van der Waals surface area contributed by atoms with Crippen molar-refractivity contribution in [3.05, 3.63) is 35.7 Å². The molecular formula is C19H29N7O. The average molecular weight is 371 g/mol. The number of para-hydroxylation sites is 1. The molecule has 1 aliphatic rings. The summed E-state index contributed by atoms with van der Waals surface area (Å²) in [5.41, 5.74) is 8.43. The van der Waals surface area contributed by atoms with Crippen LogP contribution in [-0.4, -0.2) is 67.3 Å². The SMILES string of the molecule is CC(c1nc(N)nc(N(C)C)n1)N(C)Cc1ccccc1N1CCOCC1. The van der Waals surface area contributed by atoms with Crippen molar-refractivity contribution in [1.82, 2.24) is 19.9 Å². The molecule has 1 saturated heterocycles. The predicted molar refractivity (Wildman–Crippen MR) is 108 cm³/mol. The zero-order valence-electron chi connectivity index (χ0n) is 16.6. The number of rotatable bonds is 6. The van der Waals surface area contributed by atoms with Crippen LogP contribution in [0.3, 0.4) is 0 Å². The minimum atomic E-state index is 0.00625. The summed E-state index contributed by atoms with van der Waals surface area (Å²) in [6.45, 7) is 6.28. The summed E-state index contributed by atoms with van der Waals surface area (Å²) < 4.78 is 5.49. The van der Waals surface area contributed by atoms with Crippen molar-refractivity contribution in [3.8, 4) is 0 Å². The van der Waals surface area contributed by atoms with E-state index in [9.17, 15) is 0 Å². The van der Waals surface area contributed by atoms with E-state index in [1.165, 1.54) is 11.3 Å². The third-order valence-electron chi connectivity index (χ3n) is 4.86. The quantitative estimate of drug-likeness (QED) is 0.819. The smallest absolute Gasteiger partial charge is 0.229 e. The number of nitrogen functional groups attached to an aromatic ring is 1. The first-order valence-electron chi connectivity index (χ1n) is 9.25. The van der Waals surface area contributed by atoms with Gasteiger partial charge in [0.2, 0.25) is 11.9 Å². The minimum absolute atomic E-state index is 0.00625. The second-order valence-corrected chi connectivity index (χ2v) is 7.07. The number of anilines is 3. The fourth-order valence-corrected chi connectivity index (χ4v) is 3.14. The van der Waals surface area contributed by atoms with Crippen LogP contribution in [0.25, 0.3) is 0 Å². The number of morpholine rings is 1. The molecule has 1 aromatic carbocycles. The average Bonchev–Trinajstić information content (AvgIpc) is 2.68. The highest BCUT2D eigenvalue weighted by Gasteiger charge is 2.20. The lowest BCUT2D eigenvalue weighted by molar-refractivity contribution is 0.122. The largest absolute Gasteiger partial charge is 0.378 e. The van der Waals surface area contributed by atoms with Crippen LogP contribution in [0.2, 0.25) is 0 Å². The van der Waals surface area contributed by atoms with Crippen molar-refractivity contribution in [1.29, 1.82) is 0 Å². The second-order valence-electron chi connectivity index (χ2n) is 7.07. The lowest BCUT2D eigenvalue weighted by atomic mass is 10.1. The molecule has 0 bridgehead atoms. The molecule has 1 aliphatic heterocycles. The molecule has 0 radical (unpaired) electrons. The number of ether oxygens (including phenoxy) is 1. The zero-order chi connectivity index (χ0) is 19.4. The molecule has 8 nitrogen and oxygen atoms in total. The molecule has 1 unspecified atom stereocenters. The van der Waals surface area contributed by atoms with E-state index in [0.29, 0.717) is 11.8 Å². The lowest BCUT2D eigenvalue weighted by Gasteiger charge is -2.32. The van der Waals surface area contributed by atoms with Crippen molar-refractivity contribution in [2.24, 2.45) is 0 Å². The van der Waals surface area contributed by atoms with E-state index in [0.717, 1.165) is 32.8 Å². The Bertz CT molecular complexity index is 761. The van der Waals surface area contributed by atoms with Crippen molar-refractivity contribution in [3.63, 3.8) is 0 Å². The predicted octanol–water partition coefficient (Wildman–Crippen LogP) is 1.55. The first kappa shape index (κ1) is 19.3. The number of nitrogens with zero attached hydrogens (tertiary/aromatic N) is 6. The van der Waals surface area contributed by atoms with Gasteiger partial charge in [0, 0.05) is 39.4 Å². The molecule has 1 aromatic heterocycles. The lowest BCUT2D eigenvalue weighted by Crippen LogP contribution is -2.37. The molecule has 3 rings (SSSR count). The highest BCUT2D eigenvalue weighted by molar-refractivity contribution is 5.54. The normalized spacial score (nSPS) is 15.8. The molecule has 146 valence electrons. The third-order valence-corrected chi connectivity index (χ3v) is 4.86. The Morgan fingerprint density at radius 2 is 1.81 bits per heavy atom. The van der Waals surface area contributed by atoms with Gasteiger partial charge in [-0.05, 0) is 25.6 Å². The van der Waals surface area contributed by atoms with E-state index < -0.39 is 0 Å². The fourth-order valence-electron chi connectivity index (χ4n) is 3.14. The van der Waals surface area contributed by atoms with Crippen LogP contribution in [0.15, 0.2) is 24.3 Å². The number of hydrogen-bond acceptors (Lipinski definition) is 8. The number of aromatic nitrogens is 3. The van der Waals surface area contributed by atoms with Gasteiger partial charge in [-0.25, -0.2) is 0 Å². The molecule has 27 heavy (non-hydrogen) atoms.